The number of halogens is 1. The van der Waals surface area contributed by atoms with Crippen LogP contribution in [0.2, 0.25) is 0 Å². The minimum atomic E-state index is -3.75. The number of rotatable bonds is 7. The van der Waals surface area contributed by atoms with E-state index in [1.54, 1.807) is 12.1 Å². The Morgan fingerprint density at radius 1 is 1.35 bits per heavy atom. The largest absolute Gasteiger partial charge is 0.396 e. The first kappa shape index (κ1) is 17.6. The van der Waals surface area contributed by atoms with Crippen LogP contribution in [0.25, 0.3) is 5.69 Å². The highest BCUT2D eigenvalue weighted by molar-refractivity contribution is 7.89. The molecule has 0 saturated heterocycles. The minimum absolute atomic E-state index is 0.0139. The molecule has 2 aromatic rings. The maximum Gasteiger partial charge on any atom is 0.243 e. The number of aliphatic hydroxyl groups excluding tert-OH is 1. The van der Waals surface area contributed by atoms with Crippen molar-refractivity contribution in [2.75, 3.05) is 13.2 Å². The van der Waals surface area contributed by atoms with Gasteiger partial charge in [-0.25, -0.2) is 22.2 Å². The fraction of sp³-hybridized carbons (Fsp3) is 0.400. The third kappa shape index (κ3) is 4.37. The Kier molecular flexibility index (Phi) is 5.18. The molecule has 0 bridgehead atoms. The van der Waals surface area contributed by atoms with Crippen LogP contribution >= 0.6 is 0 Å². The van der Waals surface area contributed by atoms with Crippen LogP contribution in [-0.2, 0) is 10.0 Å². The molecule has 0 saturated carbocycles. The molecular weight excluding hydrogens is 321 g/mol. The van der Waals surface area contributed by atoms with Gasteiger partial charge in [-0.15, -0.1) is 0 Å². The van der Waals surface area contributed by atoms with E-state index in [-0.39, 0.29) is 29.1 Å². The van der Waals surface area contributed by atoms with E-state index in [0.29, 0.717) is 6.42 Å². The summed E-state index contributed by atoms with van der Waals surface area (Å²) in [4.78, 5) is -0.0412. The second kappa shape index (κ2) is 6.77. The highest BCUT2D eigenvalue weighted by Gasteiger charge is 2.23. The molecule has 2 N–H and O–H groups in total. The zero-order valence-corrected chi connectivity index (χ0v) is 13.8. The molecule has 8 heteroatoms. The Morgan fingerprint density at radius 2 is 2.04 bits per heavy atom. The van der Waals surface area contributed by atoms with E-state index in [1.165, 1.54) is 29.2 Å². The molecular formula is C15H20FN3O3S. The molecule has 0 amide bonds. The number of nitrogens with zero attached hydrogens (tertiary/aromatic N) is 2. The van der Waals surface area contributed by atoms with Crippen LogP contribution in [0.1, 0.15) is 20.3 Å². The minimum Gasteiger partial charge on any atom is -0.396 e. The molecule has 0 unspecified atom stereocenters. The fourth-order valence-corrected chi connectivity index (χ4v) is 3.15. The SMILES string of the molecule is CC(C)(CCO)CNS(=O)(=O)c1cnn(-c2ccccc2F)c1. The lowest BCUT2D eigenvalue weighted by Gasteiger charge is -2.23. The van der Waals surface area contributed by atoms with Crippen LogP contribution in [0.5, 0.6) is 0 Å². The average Bonchev–Trinajstić information content (AvgIpc) is 2.96. The smallest absolute Gasteiger partial charge is 0.243 e. The number of benzene rings is 1. The quantitative estimate of drug-likeness (QED) is 0.803. The van der Waals surface area contributed by atoms with Crippen molar-refractivity contribution in [2.45, 2.75) is 25.2 Å². The van der Waals surface area contributed by atoms with E-state index < -0.39 is 15.8 Å². The Morgan fingerprint density at radius 3 is 2.70 bits per heavy atom. The molecule has 2 rings (SSSR count). The summed E-state index contributed by atoms with van der Waals surface area (Å²) >= 11 is 0. The molecule has 0 fully saturated rings. The fourth-order valence-electron chi connectivity index (χ4n) is 1.98. The van der Waals surface area contributed by atoms with Crippen LogP contribution in [0.3, 0.4) is 0 Å². The van der Waals surface area contributed by atoms with Crippen molar-refractivity contribution in [1.29, 1.82) is 0 Å². The van der Waals surface area contributed by atoms with Gasteiger partial charge in [0.1, 0.15) is 16.4 Å². The predicted octanol–water partition coefficient (Wildman–Crippen LogP) is 1.70. The van der Waals surface area contributed by atoms with Crippen LogP contribution in [0.15, 0.2) is 41.6 Å². The summed E-state index contributed by atoms with van der Waals surface area (Å²) in [5.41, 5.74) is -0.196. The summed E-state index contributed by atoms with van der Waals surface area (Å²) in [6, 6.07) is 5.98. The standard InChI is InChI=1S/C15H20FN3O3S/c1-15(2,7-8-20)11-18-23(21,22)12-9-17-19(10-12)14-6-4-3-5-13(14)16/h3-6,9-10,18,20H,7-8,11H2,1-2H3. The Hall–Kier alpha value is -1.77. The Labute approximate surface area is 135 Å². The Balaban J connectivity index is 2.18. The van der Waals surface area contributed by atoms with Gasteiger partial charge in [-0.1, -0.05) is 26.0 Å². The van der Waals surface area contributed by atoms with Gasteiger partial charge in [0.05, 0.1) is 12.4 Å². The number of aromatic nitrogens is 2. The molecule has 126 valence electrons. The topological polar surface area (TPSA) is 84.2 Å². The zero-order chi connectivity index (χ0) is 17.1. The summed E-state index contributed by atoms with van der Waals surface area (Å²) in [7, 11) is -3.75. The number of hydrogen-bond donors (Lipinski definition) is 2. The van der Waals surface area contributed by atoms with E-state index in [9.17, 15) is 12.8 Å². The number of para-hydroxylation sites is 1. The molecule has 0 atom stereocenters. The average molecular weight is 341 g/mol. The molecule has 6 nitrogen and oxygen atoms in total. The maximum atomic E-state index is 13.7. The van der Waals surface area contributed by atoms with Crippen molar-refractivity contribution < 1.29 is 17.9 Å². The highest BCUT2D eigenvalue weighted by atomic mass is 32.2. The van der Waals surface area contributed by atoms with Gasteiger partial charge in [0.25, 0.3) is 0 Å². The van der Waals surface area contributed by atoms with E-state index in [2.05, 4.69) is 9.82 Å². The van der Waals surface area contributed by atoms with Crippen LogP contribution in [0, 0.1) is 11.2 Å². The van der Waals surface area contributed by atoms with Gasteiger partial charge in [-0.3, -0.25) is 0 Å². The lowest BCUT2D eigenvalue weighted by Crippen LogP contribution is -2.34. The Bertz CT molecular complexity index is 772. The normalized spacial score (nSPS) is 12.5. The first-order valence-corrected chi connectivity index (χ1v) is 8.64. The van der Waals surface area contributed by atoms with Crippen LogP contribution in [-0.4, -0.2) is 36.5 Å². The van der Waals surface area contributed by atoms with Gasteiger partial charge >= 0.3 is 0 Å². The van der Waals surface area contributed by atoms with Gasteiger partial charge in [0, 0.05) is 13.2 Å². The first-order chi connectivity index (χ1) is 10.7. The first-order valence-electron chi connectivity index (χ1n) is 7.15. The number of nitrogens with one attached hydrogen (secondary N) is 1. The van der Waals surface area contributed by atoms with E-state index in [4.69, 9.17) is 5.11 Å². The molecule has 1 heterocycles. The monoisotopic (exact) mass is 341 g/mol. The van der Waals surface area contributed by atoms with Crippen LogP contribution in [0.4, 0.5) is 4.39 Å². The predicted molar refractivity (Wildman–Crippen MR) is 84.2 cm³/mol. The molecule has 1 aromatic carbocycles. The third-order valence-corrected chi connectivity index (χ3v) is 4.85. The lowest BCUT2D eigenvalue weighted by molar-refractivity contribution is 0.213. The number of sulfonamides is 1. The molecule has 0 aliphatic rings. The zero-order valence-electron chi connectivity index (χ0n) is 13.0. The summed E-state index contributed by atoms with van der Waals surface area (Å²) in [6.07, 6.45) is 2.91. The molecule has 0 aliphatic carbocycles. The van der Waals surface area contributed by atoms with Gasteiger partial charge in [-0.05, 0) is 24.0 Å². The molecule has 1 aromatic heterocycles. The van der Waals surface area contributed by atoms with Gasteiger partial charge < -0.3 is 5.11 Å². The summed E-state index contributed by atoms with van der Waals surface area (Å²) in [5.74, 6) is -0.489. The second-order valence-electron chi connectivity index (χ2n) is 6.03. The van der Waals surface area contributed by atoms with E-state index >= 15 is 0 Å². The van der Waals surface area contributed by atoms with Crippen molar-refractivity contribution in [1.82, 2.24) is 14.5 Å². The van der Waals surface area contributed by atoms with Crippen molar-refractivity contribution in [3.8, 4) is 5.69 Å². The summed E-state index contributed by atoms with van der Waals surface area (Å²) in [5, 5.41) is 12.9. The lowest BCUT2D eigenvalue weighted by atomic mass is 9.90. The molecule has 0 radical (unpaired) electrons. The molecule has 23 heavy (non-hydrogen) atoms. The maximum absolute atomic E-state index is 13.7. The van der Waals surface area contributed by atoms with Crippen molar-refractivity contribution in [3.63, 3.8) is 0 Å². The second-order valence-corrected chi connectivity index (χ2v) is 7.80. The highest BCUT2D eigenvalue weighted by Crippen LogP contribution is 2.20. The van der Waals surface area contributed by atoms with Crippen molar-refractivity contribution in [3.05, 3.63) is 42.5 Å². The molecule has 0 spiro atoms. The number of hydrogen-bond acceptors (Lipinski definition) is 4. The third-order valence-electron chi connectivity index (χ3n) is 3.50. The van der Waals surface area contributed by atoms with Gasteiger partial charge in [-0.2, -0.15) is 5.10 Å². The summed E-state index contributed by atoms with van der Waals surface area (Å²) < 4.78 is 42.0. The summed E-state index contributed by atoms with van der Waals surface area (Å²) in [6.45, 7) is 3.88. The van der Waals surface area contributed by atoms with E-state index in [0.717, 1.165) is 0 Å². The molecule has 0 aliphatic heterocycles. The van der Waals surface area contributed by atoms with Crippen molar-refractivity contribution in [2.24, 2.45) is 5.41 Å². The van der Waals surface area contributed by atoms with Crippen LogP contribution < -0.4 is 4.72 Å². The van der Waals surface area contributed by atoms with Gasteiger partial charge in [0.2, 0.25) is 10.0 Å². The van der Waals surface area contributed by atoms with Gasteiger partial charge in [0.15, 0.2) is 0 Å². The number of aliphatic hydroxyl groups is 1. The van der Waals surface area contributed by atoms with Crippen molar-refractivity contribution >= 4 is 10.0 Å². The van der Waals surface area contributed by atoms with E-state index in [1.807, 2.05) is 13.8 Å².